The molecule has 17 heavy (non-hydrogen) atoms. The number of anilines is 1. The molecule has 0 aliphatic rings. The SMILES string of the molecule is CN(Cc1cnn(C)c1)c1cc(Cl)nnc1Cl. The Balaban J connectivity index is 2.19. The summed E-state index contributed by atoms with van der Waals surface area (Å²) in [5.41, 5.74) is 1.83. The molecule has 5 nitrogen and oxygen atoms in total. The molecule has 2 aromatic rings. The van der Waals surface area contributed by atoms with Crippen molar-refractivity contribution in [3.05, 3.63) is 34.3 Å². The van der Waals surface area contributed by atoms with Crippen LogP contribution in [0.15, 0.2) is 18.5 Å². The molecule has 2 aromatic heterocycles. The van der Waals surface area contributed by atoms with Gasteiger partial charge >= 0.3 is 0 Å². The van der Waals surface area contributed by atoms with Crippen LogP contribution in [0.5, 0.6) is 0 Å². The summed E-state index contributed by atoms with van der Waals surface area (Å²) < 4.78 is 1.75. The van der Waals surface area contributed by atoms with Gasteiger partial charge in [0.25, 0.3) is 0 Å². The lowest BCUT2D eigenvalue weighted by molar-refractivity contribution is 0.766. The van der Waals surface area contributed by atoms with Crippen LogP contribution in [0.1, 0.15) is 5.56 Å². The van der Waals surface area contributed by atoms with E-state index in [1.165, 1.54) is 0 Å². The summed E-state index contributed by atoms with van der Waals surface area (Å²) in [6.07, 6.45) is 3.75. The largest absolute Gasteiger partial charge is 0.368 e. The minimum atomic E-state index is 0.322. The summed E-state index contributed by atoms with van der Waals surface area (Å²) in [5.74, 6) is 0. The highest BCUT2D eigenvalue weighted by Crippen LogP contribution is 2.25. The highest BCUT2D eigenvalue weighted by Gasteiger charge is 2.10. The standard InChI is InChI=1S/C10H11Cl2N5/c1-16(5-7-4-13-17(2)6-7)8-3-9(11)14-15-10(8)12/h3-4,6H,5H2,1-2H3. The van der Waals surface area contributed by atoms with Gasteiger partial charge in [-0.1, -0.05) is 23.2 Å². The van der Waals surface area contributed by atoms with E-state index < -0.39 is 0 Å². The van der Waals surface area contributed by atoms with Crippen molar-refractivity contribution in [1.82, 2.24) is 20.0 Å². The number of hydrogen-bond donors (Lipinski definition) is 0. The Kier molecular flexibility index (Phi) is 3.49. The molecule has 0 amide bonds. The molecule has 2 rings (SSSR count). The van der Waals surface area contributed by atoms with Crippen LogP contribution < -0.4 is 4.90 Å². The predicted octanol–water partition coefficient (Wildman–Crippen LogP) is 2.15. The van der Waals surface area contributed by atoms with Crippen molar-refractivity contribution in [1.29, 1.82) is 0 Å². The molecule has 0 saturated heterocycles. The Morgan fingerprint density at radius 1 is 1.35 bits per heavy atom. The number of halogens is 2. The molecular weight excluding hydrogens is 261 g/mol. The van der Waals surface area contributed by atoms with Crippen LogP contribution in [0.3, 0.4) is 0 Å². The molecule has 0 fully saturated rings. The fraction of sp³-hybridized carbons (Fsp3) is 0.300. The summed E-state index contributed by atoms with van der Waals surface area (Å²) in [4.78, 5) is 1.94. The molecule has 0 saturated carbocycles. The third-order valence-corrected chi connectivity index (χ3v) is 2.74. The maximum Gasteiger partial charge on any atom is 0.175 e. The zero-order valence-corrected chi connectivity index (χ0v) is 10.9. The van der Waals surface area contributed by atoms with Crippen molar-refractivity contribution in [2.24, 2.45) is 7.05 Å². The molecule has 0 aromatic carbocycles. The molecule has 2 heterocycles. The number of hydrogen-bond acceptors (Lipinski definition) is 4. The van der Waals surface area contributed by atoms with Crippen LogP contribution in [0.4, 0.5) is 5.69 Å². The second-order valence-corrected chi connectivity index (χ2v) is 4.47. The molecule has 90 valence electrons. The van der Waals surface area contributed by atoms with Gasteiger partial charge < -0.3 is 4.90 Å². The van der Waals surface area contributed by atoms with Gasteiger partial charge in [-0.05, 0) is 0 Å². The van der Waals surface area contributed by atoms with Crippen molar-refractivity contribution < 1.29 is 0 Å². The van der Waals surface area contributed by atoms with Gasteiger partial charge in [-0.15, -0.1) is 10.2 Å². The van der Waals surface area contributed by atoms with E-state index >= 15 is 0 Å². The van der Waals surface area contributed by atoms with E-state index in [4.69, 9.17) is 23.2 Å². The normalized spacial score (nSPS) is 10.6. The Hall–Kier alpha value is -1.33. The smallest absolute Gasteiger partial charge is 0.175 e. The van der Waals surface area contributed by atoms with Crippen LogP contribution in [-0.4, -0.2) is 27.0 Å². The van der Waals surface area contributed by atoms with E-state index in [1.54, 1.807) is 16.9 Å². The second kappa shape index (κ2) is 4.89. The molecule has 0 unspecified atom stereocenters. The lowest BCUT2D eigenvalue weighted by atomic mass is 10.3. The second-order valence-electron chi connectivity index (χ2n) is 3.72. The maximum atomic E-state index is 5.97. The first-order chi connectivity index (χ1) is 8.06. The fourth-order valence-corrected chi connectivity index (χ4v) is 1.90. The van der Waals surface area contributed by atoms with Crippen molar-refractivity contribution in [3.8, 4) is 0 Å². The number of nitrogens with zero attached hydrogens (tertiary/aromatic N) is 5. The molecule has 0 aliphatic carbocycles. The molecule has 0 spiro atoms. The molecule has 0 atom stereocenters. The van der Waals surface area contributed by atoms with E-state index in [0.717, 1.165) is 11.3 Å². The molecule has 0 aliphatic heterocycles. The Bertz CT molecular complexity index is 525. The molecule has 0 bridgehead atoms. The fourth-order valence-electron chi connectivity index (χ4n) is 1.52. The lowest BCUT2D eigenvalue weighted by Crippen LogP contribution is -2.17. The topological polar surface area (TPSA) is 46.8 Å². The van der Waals surface area contributed by atoms with Gasteiger partial charge in [0.05, 0.1) is 11.9 Å². The molecule has 0 radical (unpaired) electrons. The third kappa shape index (κ3) is 2.87. The van der Waals surface area contributed by atoms with E-state index in [1.807, 2.05) is 25.2 Å². The first-order valence-corrected chi connectivity index (χ1v) is 5.69. The van der Waals surface area contributed by atoms with Crippen LogP contribution in [0.2, 0.25) is 10.3 Å². The quantitative estimate of drug-likeness (QED) is 0.859. The summed E-state index contributed by atoms with van der Waals surface area (Å²) in [5, 5.41) is 12.2. The Labute approximate surface area is 109 Å². The van der Waals surface area contributed by atoms with E-state index in [9.17, 15) is 0 Å². The highest BCUT2D eigenvalue weighted by molar-refractivity contribution is 6.33. The van der Waals surface area contributed by atoms with Crippen molar-refractivity contribution >= 4 is 28.9 Å². The minimum Gasteiger partial charge on any atom is -0.368 e. The first-order valence-electron chi connectivity index (χ1n) is 4.93. The van der Waals surface area contributed by atoms with Gasteiger partial charge in [-0.2, -0.15) is 5.10 Å². The Morgan fingerprint density at radius 3 is 2.76 bits per heavy atom. The van der Waals surface area contributed by atoms with Gasteiger partial charge in [0.2, 0.25) is 0 Å². The maximum absolute atomic E-state index is 5.97. The summed E-state index contributed by atoms with van der Waals surface area (Å²) >= 11 is 11.8. The highest BCUT2D eigenvalue weighted by atomic mass is 35.5. The number of aromatic nitrogens is 4. The van der Waals surface area contributed by atoms with Crippen LogP contribution in [0.25, 0.3) is 0 Å². The zero-order chi connectivity index (χ0) is 12.4. The van der Waals surface area contributed by atoms with E-state index in [2.05, 4.69) is 15.3 Å². The summed E-state index contributed by atoms with van der Waals surface area (Å²) in [6, 6.07) is 1.69. The average Bonchev–Trinajstić information content (AvgIpc) is 2.67. The predicted molar refractivity (Wildman–Crippen MR) is 67.4 cm³/mol. The average molecular weight is 272 g/mol. The van der Waals surface area contributed by atoms with Gasteiger partial charge in [0.1, 0.15) is 0 Å². The van der Waals surface area contributed by atoms with E-state index in [-0.39, 0.29) is 0 Å². The van der Waals surface area contributed by atoms with Gasteiger partial charge in [-0.25, -0.2) is 0 Å². The van der Waals surface area contributed by atoms with Crippen LogP contribution in [-0.2, 0) is 13.6 Å². The first kappa shape index (κ1) is 12.1. The third-order valence-electron chi connectivity index (χ3n) is 2.29. The number of aryl methyl sites for hydroxylation is 1. The summed E-state index contributed by atoms with van der Waals surface area (Å²) in [6.45, 7) is 0.676. The van der Waals surface area contributed by atoms with Gasteiger partial charge in [-0.3, -0.25) is 4.68 Å². The van der Waals surface area contributed by atoms with Crippen molar-refractivity contribution in [2.75, 3.05) is 11.9 Å². The molecule has 7 heteroatoms. The molecular formula is C10H11Cl2N5. The van der Waals surface area contributed by atoms with Gasteiger partial charge in [0, 0.05) is 38.5 Å². The zero-order valence-electron chi connectivity index (χ0n) is 9.43. The van der Waals surface area contributed by atoms with Crippen molar-refractivity contribution in [2.45, 2.75) is 6.54 Å². The summed E-state index contributed by atoms with van der Waals surface area (Å²) in [7, 11) is 3.79. The van der Waals surface area contributed by atoms with Crippen molar-refractivity contribution in [3.63, 3.8) is 0 Å². The monoisotopic (exact) mass is 271 g/mol. The Morgan fingerprint density at radius 2 is 2.12 bits per heavy atom. The minimum absolute atomic E-state index is 0.322. The lowest BCUT2D eigenvalue weighted by Gasteiger charge is -2.18. The van der Waals surface area contributed by atoms with Gasteiger partial charge in [0.15, 0.2) is 10.3 Å². The van der Waals surface area contributed by atoms with E-state index in [0.29, 0.717) is 16.9 Å². The number of rotatable bonds is 3. The molecule has 0 N–H and O–H groups in total. The van der Waals surface area contributed by atoms with Crippen LogP contribution in [0, 0.1) is 0 Å². The van der Waals surface area contributed by atoms with Crippen LogP contribution >= 0.6 is 23.2 Å².